The van der Waals surface area contributed by atoms with Gasteiger partial charge in [-0.2, -0.15) is 9.97 Å². The highest BCUT2D eigenvalue weighted by atomic mass is 35.5. The number of nitrogens with two attached hydrogens (primary N) is 1. The highest BCUT2D eigenvalue weighted by molar-refractivity contribution is 6.28. The van der Waals surface area contributed by atoms with Crippen LogP contribution in [0.4, 0.5) is 0 Å². The van der Waals surface area contributed by atoms with E-state index in [9.17, 15) is 0 Å². The van der Waals surface area contributed by atoms with Crippen molar-refractivity contribution < 1.29 is 9.47 Å². The van der Waals surface area contributed by atoms with Crippen LogP contribution in [0.5, 0.6) is 11.8 Å². The fourth-order valence-electron chi connectivity index (χ4n) is 2.63. The molecule has 1 heterocycles. The van der Waals surface area contributed by atoms with Gasteiger partial charge in [0.1, 0.15) is 18.2 Å². The molecule has 1 aromatic heterocycles. The maximum Gasteiger partial charge on any atom is 0.321 e. The topological polar surface area (TPSA) is 83.2 Å². The van der Waals surface area contributed by atoms with Crippen molar-refractivity contribution in [3.8, 4) is 11.8 Å². The Labute approximate surface area is 163 Å². The molecule has 0 spiro atoms. The zero-order chi connectivity index (χ0) is 19.3. The van der Waals surface area contributed by atoms with Crippen LogP contribution in [0.15, 0.2) is 54.6 Å². The van der Waals surface area contributed by atoms with Crippen molar-refractivity contribution in [1.82, 2.24) is 15.0 Å². The molecule has 0 aliphatic carbocycles. The maximum atomic E-state index is 6.47. The number of benzene rings is 2. The molecule has 0 amide bonds. The van der Waals surface area contributed by atoms with Crippen molar-refractivity contribution in [1.29, 1.82) is 0 Å². The van der Waals surface area contributed by atoms with Crippen LogP contribution in [-0.2, 0) is 18.6 Å². The standard InChI is InChI=1S/C20H21ClN4O2/c1-20(22,15-6-4-3-5-7-15)12-17-23-18(21)25-19(24-17)27-13-14-8-10-16(26-2)11-9-14/h3-11H,12-13,22H2,1-2H3. The van der Waals surface area contributed by atoms with E-state index in [1.807, 2.05) is 61.5 Å². The molecule has 6 nitrogen and oxygen atoms in total. The summed E-state index contributed by atoms with van der Waals surface area (Å²) in [6.07, 6.45) is 0.401. The van der Waals surface area contributed by atoms with E-state index < -0.39 is 5.54 Å². The van der Waals surface area contributed by atoms with Crippen LogP contribution < -0.4 is 15.2 Å². The summed E-state index contributed by atoms with van der Waals surface area (Å²) in [6.45, 7) is 2.24. The average Bonchev–Trinajstić information content (AvgIpc) is 2.67. The van der Waals surface area contributed by atoms with E-state index in [-0.39, 0.29) is 11.3 Å². The van der Waals surface area contributed by atoms with Crippen molar-refractivity contribution >= 4 is 11.6 Å². The second kappa shape index (κ2) is 8.33. The Balaban J connectivity index is 1.72. The van der Waals surface area contributed by atoms with Gasteiger partial charge in [-0.1, -0.05) is 42.5 Å². The van der Waals surface area contributed by atoms with Crippen LogP contribution >= 0.6 is 11.6 Å². The van der Waals surface area contributed by atoms with Crippen molar-refractivity contribution in [2.45, 2.75) is 25.5 Å². The van der Waals surface area contributed by atoms with Gasteiger partial charge in [0.05, 0.1) is 7.11 Å². The second-order valence-corrected chi connectivity index (χ2v) is 6.74. The average molecular weight is 385 g/mol. The van der Waals surface area contributed by atoms with Gasteiger partial charge < -0.3 is 15.2 Å². The van der Waals surface area contributed by atoms with E-state index in [1.165, 1.54) is 0 Å². The third-order valence-electron chi connectivity index (χ3n) is 4.12. The van der Waals surface area contributed by atoms with Crippen LogP contribution in [0.25, 0.3) is 0 Å². The first kappa shape index (κ1) is 19.1. The molecule has 1 unspecified atom stereocenters. The van der Waals surface area contributed by atoms with Gasteiger partial charge in [-0.15, -0.1) is 0 Å². The van der Waals surface area contributed by atoms with E-state index in [0.29, 0.717) is 18.9 Å². The van der Waals surface area contributed by atoms with E-state index in [0.717, 1.165) is 16.9 Å². The fraction of sp³-hybridized carbons (Fsp3) is 0.250. The molecule has 7 heteroatoms. The summed E-state index contributed by atoms with van der Waals surface area (Å²) in [5, 5.41) is 0.0774. The predicted octanol–water partition coefficient (Wildman–Crippen LogP) is 3.53. The first-order valence-corrected chi connectivity index (χ1v) is 8.85. The van der Waals surface area contributed by atoms with Gasteiger partial charge in [-0.25, -0.2) is 4.98 Å². The van der Waals surface area contributed by atoms with Gasteiger partial charge >= 0.3 is 6.01 Å². The molecular formula is C20H21ClN4O2. The summed E-state index contributed by atoms with van der Waals surface area (Å²) < 4.78 is 10.8. The molecule has 0 aliphatic heterocycles. The van der Waals surface area contributed by atoms with E-state index in [2.05, 4.69) is 15.0 Å². The zero-order valence-corrected chi connectivity index (χ0v) is 16.0. The number of ether oxygens (including phenoxy) is 2. The lowest BCUT2D eigenvalue weighted by atomic mass is 9.89. The summed E-state index contributed by atoms with van der Waals surface area (Å²) >= 11 is 6.05. The summed E-state index contributed by atoms with van der Waals surface area (Å²) in [7, 11) is 1.63. The number of halogens is 1. The van der Waals surface area contributed by atoms with Gasteiger partial charge in [0.25, 0.3) is 0 Å². The van der Waals surface area contributed by atoms with Crippen molar-refractivity contribution in [2.75, 3.05) is 7.11 Å². The summed E-state index contributed by atoms with van der Waals surface area (Å²) in [6, 6.07) is 17.5. The van der Waals surface area contributed by atoms with E-state index in [4.69, 9.17) is 26.8 Å². The lowest BCUT2D eigenvalue weighted by Gasteiger charge is -2.24. The molecule has 0 saturated heterocycles. The van der Waals surface area contributed by atoms with Gasteiger partial charge in [0, 0.05) is 12.0 Å². The molecule has 3 rings (SSSR count). The van der Waals surface area contributed by atoms with Crippen molar-refractivity contribution in [3.63, 3.8) is 0 Å². The molecular weight excluding hydrogens is 364 g/mol. The first-order valence-electron chi connectivity index (χ1n) is 8.47. The Morgan fingerprint density at radius 1 is 1.00 bits per heavy atom. The van der Waals surface area contributed by atoms with Crippen LogP contribution in [0.2, 0.25) is 5.28 Å². The summed E-state index contributed by atoms with van der Waals surface area (Å²) in [5.41, 5.74) is 7.77. The Kier molecular flexibility index (Phi) is 5.88. The van der Waals surface area contributed by atoms with Gasteiger partial charge in [-0.3, -0.25) is 0 Å². The largest absolute Gasteiger partial charge is 0.497 e. The SMILES string of the molecule is COc1ccc(COc2nc(Cl)nc(CC(C)(N)c3ccccc3)n2)cc1. The van der Waals surface area contributed by atoms with Crippen LogP contribution in [0.3, 0.4) is 0 Å². The minimum atomic E-state index is -0.640. The normalized spacial score (nSPS) is 13.0. The first-order chi connectivity index (χ1) is 13.0. The minimum absolute atomic E-state index is 0.0774. The molecule has 0 radical (unpaired) electrons. The number of aromatic nitrogens is 3. The van der Waals surface area contributed by atoms with Gasteiger partial charge in [-0.05, 0) is 41.8 Å². The van der Waals surface area contributed by atoms with Crippen LogP contribution in [-0.4, -0.2) is 22.1 Å². The van der Waals surface area contributed by atoms with Gasteiger partial charge in [0.2, 0.25) is 5.28 Å². The predicted molar refractivity (Wildman–Crippen MR) is 104 cm³/mol. The smallest absolute Gasteiger partial charge is 0.321 e. The molecule has 2 N–H and O–H groups in total. The van der Waals surface area contributed by atoms with Crippen molar-refractivity contribution in [3.05, 3.63) is 76.8 Å². The Morgan fingerprint density at radius 3 is 2.37 bits per heavy atom. The number of rotatable bonds is 7. The highest BCUT2D eigenvalue weighted by Gasteiger charge is 2.24. The van der Waals surface area contributed by atoms with Crippen molar-refractivity contribution in [2.24, 2.45) is 5.73 Å². The summed E-state index contributed by atoms with van der Waals surface area (Å²) in [5.74, 6) is 1.26. The van der Waals surface area contributed by atoms with Crippen LogP contribution in [0.1, 0.15) is 23.9 Å². The summed E-state index contributed by atoms with van der Waals surface area (Å²) in [4.78, 5) is 12.6. The molecule has 2 aromatic carbocycles. The highest BCUT2D eigenvalue weighted by Crippen LogP contribution is 2.22. The fourth-order valence-corrected chi connectivity index (χ4v) is 2.80. The van der Waals surface area contributed by atoms with Gasteiger partial charge in [0.15, 0.2) is 0 Å². The van der Waals surface area contributed by atoms with E-state index in [1.54, 1.807) is 7.11 Å². The second-order valence-electron chi connectivity index (χ2n) is 6.40. The molecule has 140 valence electrons. The Morgan fingerprint density at radius 2 is 1.70 bits per heavy atom. The number of hydrogen-bond acceptors (Lipinski definition) is 6. The molecule has 1 atom stereocenters. The molecule has 3 aromatic rings. The Bertz CT molecular complexity index is 886. The van der Waals surface area contributed by atoms with E-state index >= 15 is 0 Å². The third kappa shape index (κ3) is 5.15. The maximum absolute atomic E-state index is 6.47. The lowest BCUT2D eigenvalue weighted by molar-refractivity contribution is 0.277. The minimum Gasteiger partial charge on any atom is -0.497 e. The lowest BCUT2D eigenvalue weighted by Crippen LogP contribution is -2.36. The molecule has 0 saturated carbocycles. The molecule has 27 heavy (non-hydrogen) atoms. The molecule has 0 aliphatic rings. The van der Waals surface area contributed by atoms with Crippen LogP contribution in [0, 0.1) is 0 Å². The monoisotopic (exact) mass is 384 g/mol. The number of hydrogen-bond donors (Lipinski definition) is 1. The Hall–Kier alpha value is -2.70. The third-order valence-corrected chi connectivity index (χ3v) is 4.29. The molecule has 0 bridgehead atoms. The zero-order valence-electron chi connectivity index (χ0n) is 15.2. The quantitative estimate of drug-likeness (QED) is 0.670. The number of nitrogens with zero attached hydrogens (tertiary/aromatic N) is 3. The number of methoxy groups -OCH3 is 1. The molecule has 0 fully saturated rings.